The summed E-state index contributed by atoms with van der Waals surface area (Å²) in [6.07, 6.45) is 13.2. The van der Waals surface area contributed by atoms with Gasteiger partial charge in [0, 0.05) is 13.0 Å². The Balaban J connectivity index is 1.50. The Morgan fingerprint density at radius 1 is 1.11 bits per heavy atom. The average molecular weight is 373 g/mol. The van der Waals surface area contributed by atoms with E-state index < -0.39 is 0 Å². The number of fused-ring (bicyclic) bond motifs is 1. The number of ketones is 1. The number of carbonyl (C=O) groups is 1. The van der Waals surface area contributed by atoms with Crippen LogP contribution >= 0.6 is 0 Å². The number of unbranched alkanes of at least 4 members (excludes halogenated alkanes) is 1. The number of hydrogen-bond acceptors (Lipinski definition) is 3. The molecule has 27 heavy (non-hydrogen) atoms. The van der Waals surface area contributed by atoms with E-state index in [0.29, 0.717) is 17.9 Å². The molecule has 0 aliphatic heterocycles. The molecule has 0 radical (unpaired) electrons. The van der Waals surface area contributed by atoms with Crippen LogP contribution in [-0.2, 0) is 11.2 Å². The Bertz CT molecular complexity index is 631. The molecule has 0 saturated heterocycles. The standard InChI is InChI=1S/C24H36O3/c1-3-18-13-21-15-20(16-23(26)24(21)22(25)14-18)17(2)27-12-8-7-11-19-9-5-4-6-10-19/h15-19,26H,3-14H2,1-2H3. The van der Waals surface area contributed by atoms with Crippen molar-refractivity contribution in [3.63, 3.8) is 0 Å². The fraction of sp³-hybridized carbons (Fsp3) is 0.708. The van der Waals surface area contributed by atoms with Gasteiger partial charge in [-0.15, -0.1) is 0 Å². The summed E-state index contributed by atoms with van der Waals surface area (Å²) < 4.78 is 6.05. The second kappa shape index (κ2) is 9.73. The van der Waals surface area contributed by atoms with Crippen LogP contribution < -0.4 is 0 Å². The van der Waals surface area contributed by atoms with E-state index in [1.165, 1.54) is 44.9 Å². The summed E-state index contributed by atoms with van der Waals surface area (Å²) >= 11 is 0. The molecule has 1 aromatic carbocycles. The molecule has 0 bridgehead atoms. The predicted molar refractivity (Wildman–Crippen MR) is 109 cm³/mol. The molecule has 1 N–H and O–H groups in total. The monoisotopic (exact) mass is 372 g/mol. The minimum atomic E-state index is -0.0482. The van der Waals surface area contributed by atoms with Gasteiger partial charge in [-0.3, -0.25) is 4.79 Å². The number of benzene rings is 1. The van der Waals surface area contributed by atoms with E-state index in [0.717, 1.165) is 42.9 Å². The van der Waals surface area contributed by atoms with E-state index in [2.05, 4.69) is 13.0 Å². The molecule has 1 aromatic rings. The number of Topliss-reactive ketones (excluding diaryl/α,β-unsaturated/α-hetero) is 1. The van der Waals surface area contributed by atoms with Gasteiger partial charge in [-0.25, -0.2) is 0 Å². The Morgan fingerprint density at radius 2 is 1.89 bits per heavy atom. The summed E-state index contributed by atoms with van der Waals surface area (Å²) in [6.45, 7) is 4.94. The maximum absolute atomic E-state index is 12.3. The van der Waals surface area contributed by atoms with E-state index in [1.54, 1.807) is 6.07 Å². The van der Waals surface area contributed by atoms with Crippen molar-refractivity contribution in [3.05, 3.63) is 28.8 Å². The lowest BCUT2D eigenvalue weighted by atomic mass is 9.80. The summed E-state index contributed by atoms with van der Waals surface area (Å²) in [7, 11) is 0. The van der Waals surface area contributed by atoms with Gasteiger partial charge in [0.05, 0.1) is 11.7 Å². The van der Waals surface area contributed by atoms with Crippen LogP contribution in [0.15, 0.2) is 12.1 Å². The van der Waals surface area contributed by atoms with Gasteiger partial charge in [-0.1, -0.05) is 64.4 Å². The van der Waals surface area contributed by atoms with Crippen LogP contribution in [0.5, 0.6) is 5.75 Å². The molecule has 0 aromatic heterocycles. The largest absolute Gasteiger partial charge is 0.507 e. The molecule has 2 aliphatic carbocycles. The third-order valence-electron chi connectivity index (χ3n) is 6.63. The van der Waals surface area contributed by atoms with E-state index in [4.69, 9.17) is 4.74 Å². The van der Waals surface area contributed by atoms with Gasteiger partial charge < -0.3 is 9.84 Å². The number of rotatable bonds is 8. The molecule has 0 heterocycles. The van der Waals surface area contributed by atoms with Crippen molar-refractivity contribution in [1.29, 1.82) is 0 Å². The number of carbonyl (C=O) groups excluding carboxylic acids is 1. The lowest BCUT2D eigenvalue weighted by molar-refractivity contribution is 0.0616. The number of phenolic OH excluding ortho intramolecular Hbond substituents is 1. The van der Waals surface area contributed by atoms with Crippen molar-refractivity contribution in [2.75, 3.05) is 6.61 Å². The zero-order chi connectivity index (χ0) is 19.2. The van der Waals surface area contributed by atoms with E-state index in [-0.39, 0.29) is 17.6 Å². The predicted octanol–water partition coefficient (Wildman–Crippen LogP) is 6.38. The molecule has 3 nitrogen and oxygen atoms in total. The van der Waals surface area contributed by atoms with Crippen molar-refractivity contribution in [1.82, 2.24) is 0 Å². The molecule has 150 valence electrons. The zero-order valence-electron chi connectivity index (χ0n) is 17.1. The third-order valence-corrected chi connectivity index (χ3v) is 6.63. The summed E-state index contributed by atoms with van der Waals surface area (Å²) in [4.78, 5) is 12.3. The molecule has 2 atom stereocenters. The van der Waals surface area contributed by atoms with Crippen molar-refractivity contribution < 1.29 is 14.6 Å². The molecular formula is C24H36O3. The van der Waals surface area contributed by atoms with Crippen LogP contribution in [0.2, 0.25) is 0 Å². The van der Waals surface area contributed by atoms with Crippen LogP contribution in [0.25, 0.3) is 0 Å². The lowest BCUT2D eigenvalue weighted by Gasteiger charge is -2.25. The van der Waals surface area contributed by atoms with Gasteiger partial charge >= 0.3 is 0 Å². The second-order valence-electron chi connectivity index (χ2n) is 8.69. The molecule has 2 unspecified atom stereocenters. The molecule has 1 fully saturated rings. The minimum absolute atomic E-state index is 0.0482. The molecule has 0 amide bonds. The van der Waals surface area contributed by atoms with Gasteiger partial charge in [-0.2, -0.15) is 0 Å². The fourth-order valence-corrected chi connectivity index (χ4v) is 4.83. The number of hydrogen-bond donors (Lipinski definition) is 1. The number of phenols is 1. The summed E-state index contributed by atoms with van der Waals surface area (Å²) in [6, 6.07) is 3.82. The first-order chi connectivity index (χ1) is 13.1. The van der Waals surface area contributed by atoms with Crippen LogP contribution in [0.4, 0.5) is 0 Å². The maximum atomic E-state index is 12.3. The van der Waals surface area contributed by atoms with Crippen LogP contribution in [-0.4, -0.2) is 17.5 Å². The van der Waals surface area contributed by atoms with E-state index >= 15 is 0 Å². The Morgan fingerprint density at radius 3 is 2.63 bits per heavy atom. The Hall–Kier alpha value is -1.35. The molecular weight excluding hydrogens is 336 g/mol. The minimum Gasteiger partial charge on any atom is -0.507 e. The first-order valence-electron chi connectivity index (χ1n) is 11.1. The van der Waals surface area contributed by atoms with Crippen LogP contribution in [0.1, 0.15) is 106 Å². The molecule has 2 aliphatic rings. The van der Waals surface area contributed by atoms with Gasteiger partial charge in [0.2, 0.25) is 0 Å². The van der Waals surface area contributed by atoms with E-state index in [1.807, 2.05) is 6.92 Å². The number of aromatic hydroxyl groups is 1. The quantitative estimate of drug-likeness (QED) is 0.539. The summed E-state index contributed by atoms with van der Waals surface area (Å²) in [5.74, 6) is 1.56. The highest BCUT2D eigenvalue weighted by Crippen LogP contribution is 2.36. The van der Waals surface area contributed by atoms with Gasteiger partial charge in [0.1, 0.15) is 5.75 Å². The second-order valence-corrected chi connectivity index (χ2v) is 8.69. The highest BCUT2D eigenvalue weighted by Gasteiger charge is 2.27. The van der Waals surface area contributed by atoms with Crippen LogP contribution in [0, 0.1) is 11.8 Å². The summed E-state index contributed by atoms with van der Waals surface area (Å²) in [5.41, 5.74) is 2.53. The Kier molecular flexibility index (Phi) is 7.34. The first kappa shape index (κ1) is 20.4. The van der Waals surface area contributed by atoms with Gasteiger partial charge in [0.25, 0.3) is 0 Å². The molecule has 0 spiro atoms. The van der Waals surface area contributed by atoms with Gasteiger partial charge in [0.15, 0.2) is 5.78 Å². The van der Waals surface area contributed by atoms with Crippen molar-refractivity contribution in [2.45, 2.75) is 90.6 Å². The highest BCUT2D eigenvalue weighted by molar-refractivity contribution is 6.01. The van der Waals surface area contributed by atoms with Crippen molar-refractivity contribution in [3.8, 4) is 5.75 Å². The zero-order valence-corrected chi connectivity index (χ0v) is 17.1. The smallest absolute Gasteiger partial charge is 0.167 e. The van der Waals surface area contributed by atoms with Crippen molar-refractivity contribution >= 4 is 5.78 Å². The molecule has 3 heteroatoms. The SMILES string of the molecule is CCC1CC(=O)c2c(O)cc(C(C)OCCCCC3CCCCC3)cc2C1. The molecule has 3 rings (SSSR count). The van der Waals surface area contributed by atoms with Crippen molar-refractivity contribution in [2.24, 2.45) is 11.8 Å². The Labute approximate surface area is 164 Å². The topological polar surface area (TPSA) is 46.5 Å². The highest BCUT2D eigenvalue weighted by atomic mass is 16.5. The molecule has 1 saturated carbocycles. The normalized spacial score (nSPS) is 21.9. The average Bonchev–Trinajstić information content (AvgIpc) is 2.67. The first-order valence-corrected chi connectivity index (χ1v) is 11.1. The van der Waals surface area contributed by atoms with Crippen LogP contribution in [0.3, 0.4) is 0 Å². The van der Waals surface area contributed by atoms with E-state index in [9.17, 15) is 9.90 Å². The third kappa shape index (κ3) is 5.34. The lowest BCUT2D eigenvalue weighted by Crippen LogP contribution is -2.20. The fourth-order valence-electron chi connectivity index (χ4n) is 4.83. The maximum Gasteiger partial charge on any atom is 0.167 e. The number of ether oxygens (including phenoxy) is 1. The summed E-state index contributed by atoms with van der Waals surface area (Å²) in [5, 5.41) is 10.4. The van der Waals surface area contributed by atoms with Gasteiger partial charge in [-0.05, 0) is 48.8 Å².